The van der Waals surface area contributed by atoms with Crippen LogP contribution in [0.25, 0.3) is 11.5 Å². The van der Waals surface area contributed by atoms with Gasteiger partial charge < -0.3 is 14.6 Å². The maximum absolute atomic E-state index is 5.25. The quantitative estimate of drug-likeness (QED) is 0.872. The van der Waals surface area contributed by atoms with Gasteiger partial charge in [0.1, 0.15) is 12.0 Å². The molecule has 2 aromatic heterocycles. The van der Waals surface area contributed by atoms with Crippen LogP contribution in [0, 0.1) is 0 Å². The Morgan fingerprint density at radius 3 is 3.21 bits per heavy atom. The van der Waals surface area contributed by atoms with Crippen LogP contribution in [0.2, 0.25) is 0 Å². The topological polar surface area (TPSA) is 86.0 Å². The van der Waals surface area contributed by atoms with Crippen molar-refractivity contribution in [3.63, 3.8) is 0 Å². The molecule has 0 bridgehead atoms. The van der Waals surface area contributed by atoms with Crippen molar-refractivity contribution in [3.8, 4) is 17.4 Å². The van der Waals surface area contributed by atoms with Gasteiger partial charge in [0.15, 0.2) is 0 Å². The highest BCUT2D eigenvalue weighted by Crippen LogP contribution is 2.18. The smallest absolute Gasteiger partial charge is 0.228 e. The fourth-order valence-electron chi connectivity index (χ4n) is 2.16. The van der Waals surface area contributed by atoms with Gasteiger partial charge in [-0.15, -0.1) is 0 Å². The molecule has 100 valence electrons. The van der Waals surface area contributed by atoms with E-state index in [1.165, 1.54) is 12.7 Å². The zero-order chi connectivity index (χ0) is 13.1. The monoisotopic (exact) mass is 261 g/mol. The van der Waals surface area contributed by atoms with Gasteiger partial charge in [0.05, 0.1) is 7.11 Å². The summed E-state index contributed by atoms with van der Waals surface area (Å²) in [5, 5.41) is 7.34. The second-order valence-electron chi connectivity index (χ2n) is 4.45. The van der Waals surface area contributed by atoms with E-state index in [1.807, 2.05) is 0 Å². The van der Waals surface area contributed by atoms with Crippen molar-refractivity contribution in [2.45, 2.75) is 25.3 Å². The number of methoxy groups -OCH3 is 1. The van der Waals surface area contributed by atoms with Crippen molar-refractivity contribution in [3.05, 3.63) is 18.3 Å². The lowest BCUT2D eigenvalue weighted by Crippen LogP contribution is -2.23. The highest BCUT2D eigenvalue weighted by Gasteiger charge is 2.19. The summed E-state index contributed by atoms with van der Waals surface area (Å²) >= 11 is 0. The largest absolute Gasteiger partial charge is 0.481 e. The normalized spacial score (nSPS) is 18.7. The summed E-state index contributed by atoms with van der Waals surface area (Å²) in [6.07, 6.45) is 4.53. The molecule has 1 N–H and O–H groups in total. The molecule has 0 aromatic carbocycles. The predicted octanol–water partition coefficient (Wildman–Crippen LogP) is 0.830. The molecule has 1 saturated heterocycles. The molecule has 1 aliphatic rings. The Morgan fingerprint density at radius 2 is 2.42 bits per heavy atom. The maximum atomic E-state index is 5.25. The third-order valence-corrected chi connectivity index (χ3v) is 3.13. The zero-order valence-electron chi connectivity index (χ0n) is 10.7. The van der Waals surface area contributed by atoms with Crippen molar-refractivity contribution in [1.29, 1.82) is 0 Å². The van der Waals surface area contributed by atoms with E-state index >= 15 is 0 Å². The first-order chi connectivity index (χ1) is 9.35. The van der Waals surface area contributed by atoms with Crippen LogP contribution in [0.15, 0.2) is 16.9 Å². The number of hydrogen-bond donors (Lipinski definition) is 1. The summed E-state index contributed by atoms with van der Waals surface area (Å²) in [6, 6.07) is 2.12. The number of hydrogen-bond acceptors (Lipinski definition) is 7. The van der Waals surface area contributed by atoms with Crippen molar-refractivity contribution < 1.29 is 9.26 Å². The van der Waals surface area contributed by atoms with Crippen LogP contribution >= 0.6 is 0 Å². The minimum absolute atomic E-state index is 0.438. The lowest BCUT2D eigenvalue weighted by molar-refractivity contribution is 0.364. The van der Waals surface area contributed by atoms with Gasteiger partial charge in [-0.05, 0) is 19.4 Å². The Hall–Kier alpha value is -2.02. The van der Waals surface area contributed by atoms with Crippen molar-refractivity contribution >= 4 is 0 Å². The van der Waals surface area contributed by atoms with Crippen LogP contribution < -0.4 is 10.1 Å². The number of rotatable bonds is 4. The van der Waals surface area contributed by atoms with Gasteiger partial charge in [-0.2, -0.15) is 4.98 Å². The minimum atomic E-state index is 0.438. The second-order valence-corrected chi connectivity index (χ2v) is 4.45. The highest BCUT2D eigenvalue weighted by atomic mass is 16.5. The molecule has 0 radical (unpaired) electrons. The standard InChI is InChI=1S/C12H15N5O2/c1-18-10-6-9(14-7-15-10)12-16-11(19-17-12)5-8-3-2-4-13-8/h6-8,13H,2-5H2,1H3. The molecule has 3 rings (SSSR count). The van der Waals surface area contributed by atoms with E-state index in [-0.39, 0.29) is 0 Å². The van der Waals surface area contributed by atoms with Gasteiger partial charge in [-0.3, -0.25) is 0 Å². The molecule has 0 spiro atoms. The Bertz CT molecular complexity index is 551. The summed E-state index contributed by atoms with van der Waals surface area (Å²) in [4.78, 5) is 12.4. The Morgan fingerprint density at radius 1 is 1.47 bits per heavy atom. The van der Waals surface area contributed by atoms with Crippen LogP contribution in [0.4, 0.5) is 0 Å². The Kier molecular flexibility index (Phi) is 3.37. The fraction of sp³-hybridized carbons (Fsp3) is 0.500. The lowest BCUT2D eigenvalue weighted by Gasteiger charge is -2.04. The van der Waals surface area contributed by atoms with Gasteiger partial charge >= 0.3 is 0 Å². The maximum Gasteiger partial charge on any atom is 0.228 e. The number of nitrogens with zero attached hydrogens (tertiary/aromatic N) is 4. The molecule has 7 heteroatoms. The van der Waals surface area contributed by atoms with Crippen LogP contribution in [-0.2, 0) is 6.42 Å². The van der Waals surface area contributed by atoms with E-state index in [1.54, 1.807) is 13.2 Å². The van der Waals surface area contributed by atoms with E-state index < -0.39 is 0 Å². The van der Waals surface area contributed by atoms with Gasteiger partial charge in [0.2, 0.25) is 17.6 Å². The van der Waals surface area contributed by atoms with E-state index in [4.69, 9.17) is 9.26 Å². The summed E-state index contributed by atoms with van der Waals surface area (Å²) in [6.45, 7) is 1.06. The second kappa shape index (κ2) is 5.31. The molecule has 0 saturated carbocycles. The van der Waals surface area contributed by atoms with Gasteiger partial charge in [-0.25, -0.2) is 9.97 Å². The summed E-state index contributed by atoms with van der Waals surface area (Å²) in [5.74, 6) is 1.58. The third-order valence-electron chi connectivity index (χ3n) is 3.13. The average Bonchev–Trinajstić information content (AvgIpc) is 3.11. The van der Waals surface area contributed by atoms with Gasteiger partial charge in [-0.1, -0.05) is 5.16 Å². The molecule has 3 heterocycles. The molecular formula is C12H15N5O2. The summed E-state index contributed by atoms with van der Waals surface area (Å²) in [5.41, 5.74) is 0.598. The Balaban J connectivity index is 1.76. The summed E-state index contributed by atoms with van der Waals surface area (Å²) in [7, 11) is 1.56. The Labute approximate surface area is 110 Å². The van der Waals surface area contributed by atoms with E-state index in [9.17, 15) is 0 Å². The first kappa shape index (κ1) is 12.0. The molecule has 0 aliphatic carbocycles. The first-order valence-electron chi connectivity index (χ1n) is 6.27. The molecule has 1 unspecified atom stereocenters. The van der Waals surface area contributed by atoms with Crippen LogP contribution in [0.1, 0.15) is 18.7 Å². The van der Waals surface area contributed by atoms with E-state index in [2.05, 4.69) is 25.4 Å². The molecule has 1 fully saturated rings. The molecule has 19 heavy (non-hydrogen) atoms. The van der Waals surface area contributed by atoms with Crippen molar-refractivity contribution in [1.82, 2.24) is 25.4 Å². The molecule has 1 atom stereocenters. The predicted molar refractivity (Wildman–Crippen MR) is 66.6 cm³/mol. The van der Waals surface area contributed by atoms with Gasteiger partial charge in [0, 0.05) is 18.5 Å². The molecular weight excluding hydrogens is 246 g/mol. The summed E-state index contributed by atoms with van der Waals surface area (Å²) < 4.78 is 10.3. The SMILES string of the molecule is COc1cc(-c2noc(CC3CCCN3)n2)ncn1. The van der Waals surface area contributed by atoms with E-state index in [0.717, 1.165) is 19.4 Å². The zero-order valence-corrected chi connectivity index (χ0v) is 10.7. The minimum Gasteiger partial charge on any atom is -0.481 e. The van der Waals surface area contributed by atoms with Crippen LogP contribution in [-0.4, -0.2) is 39.8 Å². The van der Waals surface area contributed by atoms with Crippen molar-refractivity contribution in [2.24, 2.45) is 0 Å². The molecule has 7 nitrogen and oxygen atoms in total. The average molecular weight is 261 g/mol. The molecule has 0 amide bonds. The number of ether oxygens (including phenoxy) is 1. The number of nitrogens with one attached hydrogen (secondary N) is 1. The molecule has 2 aromatic rings. The fourth-order valence-corrected chi connectivity index (χ4v) is 2.16. The van der Waals surface area contributed by atoms with Crippen LogP contribution in [0.3, 0.4) is 0 Å². The lowest BCUT2D eigenvalue weighted by atomic mass is 10.1. The van der Waals surface area contributed by atoms with Crippen LogP contribution in [0.5, 0.6) is 5.88 Å². The number of aromatic nitrogens is 4. The van der Waals surface area contributed by atoms with E-state index in [0.29, 0.717) is 29.3 Å². The molecule has 1 aliphatic heterocycles. The van der Waals surface area contributed by atoms with Gasteiger partial charge in [0.25, 0.3) is 0 Å². The third kappa shape index (κ3) is 2.70. The first-order valence-corrected chi connectivity index (χ1v) is 6.27. The van der Waals surface area contributed by atoms with Crippen molar-refractivity contribution in [2.75, 3.05) is 13.7 Å². The highest BCUT2D eigenvalue weighted by molar-refractivity contribution is 5.49.